The Balaban J connectivity index is 3.00. The molecule has 12 heteroatoms. The Bertz CT molecular complexity index is 889. The minimum atomic E-state index is -1.31. The highest BCUT2D eigenvalue weighted by atomic mass is 127. The van der Waals surface area contributed by atoms with Crippen molar-refractivity contribution in [3.05, 3.63) is 33.4 Å². The maximum Gasteiger partial charge on any atom is 0.243 e. The Morgan fingerprint density at radius 3 is 1.85 bits per heavy atom. The Morgan fingerprint density at radius 1 is 0.818 bits per heavy atom. The highest BCUT2D eigenvalue weighted by molar-refractivity contribution is 14.1. The van der Waals surface area contributed by atoms with E-state index in [1.54, 1.807) is 0 Å². The SMILES string of the molecule is CC(=O)N[C@@H](CC(N)=O)C(=O)N[C@@H](CCC(N)=O)C(=O)N[C@@H](Cc1ccc(I)cc1)C(C)=O. The predicted octanol–water partition coefficient (Wildman–Crippen LogP) is -0.962. The summed E-state index contributed by atoms with van der Waals surface area (Å²) in [4.78, 5) is 71.5. The maximum absolute atomic E-state index is 12.9. The van der Waals surface area contributed by atoms with Gasteiger partial charge in [-0.15, -0.1) is 0 Å². The zero-order valence-electron chi connectivity index (χ0n) is 18.4. The molecule has 11 nitrogen and oxygen atoms in total. The third kappa shape index (κ3) is 10.9. The summed E-state index contributed by atoms with van der Waals surface area (Å²) in [7, 11) is 0. The van der Waals surface area contributed by atoms with Crippen molar-refractivity contribution in [3.63, 3.8) is 0 Å². The highest BCUT2D eigenvalue weighted by Gasteiger charge is 2.29. The van der Waals surface area contributed by atoms with E-state index < -0.39 is 54.1 Å². The smallest absolute Gasteiger partial charge is 0.243 e. The van der Waals surface area contributed by atoms with E-state index in [0.29, 0.717) is 0 Å². The molecule has 0 aromatic heterocycles. The van der Waals surface area contributed by atoms with E-state index in [1.807, 2.05) is 24.3 Å². The Hall–Kier alpha value is -3.03. The fourth-order valence-corrected chi connectivity index (χ4v) is 3.27. The first-order valence-electron chi connectivity index (χ1n) is 10.1. The fourth-order valence-electron chi connectivity index (χ4n) is 2.91. The number of amides is 5. The topological polar surface area (TPSA) is 191 Å². The summed E-state index contributed by atoms with van der Waals surface area (Å²) in [6.45, 7) is 2.48. The van der Waals surface area contributed by atoms with Crippen LogP contribution in [0.4, 0.5) is 0 Å². The molecule has 0 saturated heterocycles. The van der Waals surface area contributed by atoms with Crippen LogP contribution in [0.2, 0.25) is 0 Å². The molecule has 0 aliphatic carbocycles. The third-order valence-electron chi connectivity index (χ3n) is 4.57. The Labute approximate surface area is 204 Å². The lowest BCUT2D eigenvalue weighted by atomic mass is 10.0. The molecule has 0 unspecified atom stereocenters. The quantitative estimate of drug-likeness (QED) is 0.189. The molecule has 180 valence electrons. The molecule has 7 N–H and O–H groups in total. The van der Waals surface area contributed by atoms with E-state index in [0.717, 1.165) is 16.1 Å². The van der Waals surface area contributed by atoms with Gasteiger partial charge in [-0.05, 0) is 60.1 Å². The molecule has 0 bridgehead atoms. The van der Waals surface area contributed by atoms with Gasteiger partial charge in [-0.25, -0.2) is 0 Å². The second-order valence-corrected chi connectivity index (χ2v) is 8.74. The summed E-state index contributed by atoms with van der Waals surface area (Å²) < 4.78 is 1.01. The van der Waals surface area contributed by atoms with Crippen molar-refractivity contribution >= 4 is 57.9 Å². The summed E-state index contributed by atoms with van der Waals surface area (Å²) in [5.41, 5.74) is 11.1. The number of ketones is 1. The van der Waals surface area contributed by atoms with Crippen molar-refractivity contribution in [1.82, 2.24) is 16.0 Å². The van der Waals surface area contributed by atoms with E-state index in [9.17, 15) is 28.8 Å². The second kappa shape index (κ2) is 13.5. The van der Waals surface area contributed by atoms with Gasteiger partial charge in [-0.3, -0.25) is 28.8 Å². The minimum absolute atomic E-state index is 0.148. The molecule has 0 radical (unpaired) electrons. The van der Waals surface area contributed by atoms with Crippen LogP contribution < -0.4 is 27.4 Å². The van der Waals surface area contributed by atoms with Crippen LogP contribution in [0.3, 0.4) is 0 Å². The molecule has 0 spiro atoms. The summed E-state index contributed by atoms with van der Waals surface area (Å²) in [5, 5.41) is 7.28. The molecule has 33 heavy (non-hydrogen) atoms. The number of Topliss-reactive ketones (excluding diaryl/α,β-unsaturated/α-hetero) is 1. The molecule has 1 aromatic rings. The Morgan fingerprint density at radius 2 is 1.36 bits per heavy atom. The van der Waals surface area contributed by atoms with Gasteiger partial charge in [0, 0.05) is 16.9 Å². The van der Waals surface area contributed by atoms with Crippen LogP contribution in [0.5, 0.6) is 0 Å². The largest absolute Gasteiger partial charge is 0.370 e. The van der Waals surface area contributed by atoms with E-state index >= 15 is 0 Å². The summed E-state index contributed by atoms with van der Waals surface area (Å²) in [5.74, 6) is -3.96. The van der Waals surface area contributed by atoms with Gasteiger partial charge in [0.2, 0.25) is 29.5 Å². The Kier molecular flexibility index (Phi) is 11.5. The molecule has 0 aliphatic rings. The zero-order chi connectivity index (χ0) is 25.1. The number of nitrogens with two attached hydrogens (primary N) is 2. The van der Waals surface area contributed by atoms with E-state index in [4.69, 9.17) is 11.5 Å². The number of hydrogen-bond donors (Lipinski definition) is 5. The number of carbonyl (C=O) groups is 6. The maximum atomic E-state index is 12.9. The van der Waals surface area contributed by atoms with Crippen LogP contribution in [0.25, 0.3) is 0 Å². The van der Waals surface area contributed by atoms with Gasteiger partial charge in [0.05, 0.1) is 12.5 Å². The fraction of sp³-hybridized carbons (Fsp3) is 0.429. The number of rotatable bonds is 13. The van der Waals surface area contributed by atoms with E-state index in [1.165, 1.54) is 6.92 Å². The molecular formula is C21H28IN5O6. The zero-order valence-corrected chi connectivity index (χ0v) is 20.5. The van der Waals surface area contributed by atoms with Crippen LogP contribution in [0.15, 0.2) is 24.3 Å². The molecule has 3 atom stereocenters. The standard InChI is InChI=1S/C21H28IN5O6/c1-11(28)16(9-13-3-5-14(22)6-4-13)27-20(32)15(7-8-18(23)30)26-21(33)17(10-19(24)31)25-12(2)29/h3-6,15-17H,7-10H2,1-2H3,(H2,23,30)(H2,24,31)(H,25,29)(H,26,33)(H,27,32)/t15-,16-,17-/m0/s1. The van der Waals surface area contributed by atoms with Gasteiger partial charge in [0.15, 0.2) is 5.78 Å². The van der Waals surface area contributed by atoms with Crippen LogP contribution in [-0.4, -0.2) is 53.4 Å². The monoisotopic (exact) mass is 573 g/mol. The number of carbonyl (C=O) groups excluding carboxylic acids is 6. The van der Waals surface area contributed by atoms with Gasteiger partial charge < -0.3 is 27.4 Å². The van der Waals surface area contributed by atoms with Gasteiger partial charge >= 0.3 is 0 Å². The molecule has 5 amide bonds. The van der Waals surface area contributed by atoms with Crippen molar-refractivity contribution in [1.29, 1.82) is 0 Å². The molecule has 0 saturated carbocycles. The molecule has 1 aromatic carbocycles. The minimum Gasteiger partial charge on any atom is -0.370 e. The highest BCUT2D eigenvalue weighted by Crippen LogP contribution is 2.10. The number of nitrogens with one attached hydrogen (secondary N) is 3. The molecule has 0 fully saturated rings. The first-order valence-corrected chi connectivity index (χ1v) is 11.2. The lowest BCUT2D eigenvalue weighted by Crippen LogP contribution is -2.56. The second-order valence-electron chi connectivity index (χ2n) is 7.49. The first-order chi connectivity index (χ1) is 15.4. The number of hydrogen-bond acceptors (Lipinski definition) is 6. The molecule has 1 rings (SSSR count). The van der Waals surface area contributed by atoms with Crippen molar-refractivity contribution in [2.45, 2.75) is 57.7 Å². The summed E-state index contributed by atoms with van der Waals surface area (Å²) in [6, 6.07) is 3.97. The van der Waals surface area contributed by atoms with Crippen molar-refractivity contribution < 1.29 is 28.8 Å². The molecule has 0 aliphatic heterocycles. The van der Waals surface area contributed by atoms with Crippen molar-refractivity contribution in [3.8, 4) is 0 Å². The van der Waals surface area contributed by atoms with Crippen LogP contribution >= 0.6 is 22.6 Å². The van der Waals surface area contributed by atoms with E-state index in [2.05, 4.69) is 38.5 Å². The van der Waals surface area contributed by atoms with Gasteiger partial charge in [0.1, 0.15) is 12.1 Å². The number of primary amides is 2. The molecular weight excluding hydrogens is 545 g/mol. The summed E-state index contributed by atoms with van der Waals surface area (Å²) >= 11 is 2.15. The normalized spacial score (nSPS) is 13.2. The lowest BCUT2D eigenvalue weighted by Gasteiger charge is -2.24. The van der Waals surface area contributed by atoms with Crippen LogP contribution in [0.1, 0.15) is 38.7 Å². The van der Waals surface area contributed by atoms with Gasteiger partial charge in [-0.1, -0.05) is 12.1 Å². The van der Waals surface area contributed by atoms with Crippen LogP contribution in [0, 0.1) is 3.57 Å². The molecule has 0 heterocycles. The van der Waals surface area contributed by atoms with Crippen LogP contribution in [-0.2, 0) is 35.2 Å². The van der Waals surface area contributed by atoms with E-state index in [-0.39, 0.29) is 25.0 Å². The average molecular weight is 573 g/mol. The first kappa shape index (κ1) is 28.0. The third-order valence-corrected chi connectivity index (χ3v) is 5.29. The number of halogens is 1. The summed E-state index contributed by atoms with van der Waals surface area (Å²) in [6.07, 6.45) is -0.631. The lowest BCUT2D eigenvalue weighted by molar-refractivity contribution is -0.134. The van der Waals surface area contributed by atoms with Gasteiger partial charge in [-0.2, -0.15) is 0 Å². The van der Waals surface area contributed by atoms with Crippen molar-refractivity contribution in [2.75, 3.05) is 0 Å². The van der Waals surface area contributed by atoms with Gasteiger partial charge in [0.25, 0.3) is 0 Å². The average Bonchev–Trinajstić information content (AvgIpc) is 2.70. The van der Waals surface area contributed by atoms with Crippen molar-refractivity contribution in [2.24, 2.45) is 11.5 Å². The predicted molar refractivity (Wildman–Crippen MR) is 127 cm³/mol. The number of benzene rings is 1.